The highest BCUT2D eigenvalue weighted by Gasteiger charge is 2.30. The first kappa shape index (κ1) is 17.7. The first-order chi connectivity index (χ1) is 11.7. The van der Waals surface area contributed by atoms with E-state index in [0.29, 0.717) is 17.5 Å². The Bertz CT molecular complexity index is 756. The van der Waals surface area contributed by atoms with Crippen molar-refractivity contribution in [1.29, 1.82) is 0 Å². The largest absolute Gasteiger partial charge is 0.361 e. The van der Waals surface area contributed by atoms with Crippen LogP contribution < -0.4 is 11.1 Å². The molecule has 0 radical (unpaired) electrons. The van der Waals surface area contributed by atoms with Crippen LogP contribution in [0.3, 0.4) is 0 Å². The number of amides is 1. The number of carbonyl (C=O) groups is 1. The van der Waals surface area contributed by atoms with Gasteiger partial charge in [-0.1, -0.05) is 5.16 Å². The van der Waals surface area contributed by atoms with Gasteiger partial charge in [-0.3, -0.25) is 9.48 Å². The van der Waals surface area contributed by atoms with E-state index < -0.39 is 0 Å². The number of nitrogens with one attached hydrogen (secondary N) is 1. The molecule has 2 heterocycles. The lowest BCUT2D eigenvalue weighted by atomic mass is 10.0. The van der Waals surface area contributed by atoms with Gasteiger partial charge in [0.15, 0.2) is 5.82 Å². The van der Waals surface area contributed by atoms with E-state index in [-0.39, 0.29) is 23.9 Å². The summed E-state index contributed by atoms with van der Waals surface area (Å²) in [6.07, 6.45) is 3.21. The van der Waals surface area contributed by atoms with Gasteiger partial charge in [0.1, 0.15) is 5.76 Å². The maximum absolute atomic E-state index is 12.3. The summed E-state index contributed by atoms with van der Waals surface area (Å²) in [4.78, 5) is 12.3. The fourth-order valence-corrected chi connectivity index (χ4v) is 3.41. The second-order valence-electron chi connectivity index (χ2n) is 7.97. The summed E-state index contributed by atoms with van der Waals surface area (Å²) < 4.78 is 7.12. The van der Waals surface area contributed by atoms with Crippen molar-refractivity contribution >= 4 is 11.7 Å². The molecule has 0 saturated heterocycles. The van der Waals surface area contributed by atoms with Gasteiger partial charge in [-0.05, 0) is 47.0 Å². The summed E-state index contributed by atoms with van der Waals surface area (Å²) in [7, 11) is 0. The molecule has 2 aromatic rings. The quantitative estimate of drug-likeness (QED) is 0.887. The molecular weight excluding hydrogens is 318 g/mol. The number of hydrogen-bond donors (Lipinski definition) is 2. The fourth-order valence-electron chi connectivity index (χ4n) is 3.41. The van der Waals surface area contributed by atoms with Crippen molar-refractivity contribution in [3.05, 3.63) is 29.3 Å². The zero-order valence-electron chi connectivity index (χ0n) is 15.4. The Balaban J connectivity index is 1.77. The molecule has 3 N–H and O–H groups in total. The average Bonchev–Trinajstić information content (AvgIpc) is 3.18. The van der Waals surface area contributed by atoms with E-state index in [1.165, 1.54) is 0 Å². The average molecular weight is 345 g/mol. The number of anilines is 1. The van der Waals surface area contributed by atoms with Crippen LogP contribution in [0.25, 0.3) is 0 Å². The zero-order valence-corrected chi connectivity index (χ0v) is 15.4. The fraction of sp³-hybridized carbons (Fsp3) is 0.611. The van der Waals surface area contributed by atoms with Crippen LogP contribution in [0.15, 0.2) is 16.7 Å². The molecule has 7 nitrogen and oxygen atoms in total. The van der Waals surface area contributed by atoms with Gasteiger partial charge >= 0.3 is 0 Å². The lowest BCUT2D eigenvalue weighted by molar-refractivity contribution is -0.115. The summed E-state index contributed by atoms with van der Waals surface area (Å²) in [6.45, 7) is 8.17. The van der Waals surface area contributed by atoms with Gasteiger partial charge < -0.3 is 15.6 Å². The molecular formula is C18H27N5O2. The molecule has 2 aromatic heterocycles. The standard InChI is InChI=1S/C18H27N5O2/c1-11-7-14(25-22-11)9-17(24)20-16-10-15(12-5-6-13(19)8-12)23(21-16)18(2,3)4/h7,10,12-13H,5-6,8-9,19H2,1-4H3,(H,20,21,24)/t12-,13+/m0/s1. The number of aromatic nitrogens is 3. The van der Waals surface area contributed by atoms with Gasteiger partial charge in [-0.15, -0.1) is 0 Å². The number of carbonyl (C=O) groups excluding carboxylic acids is 1. The van der Waals surface area contributed by atoms with Gasteiger partial charge in [0.2, 0.25) is 5.91 Å². The highest BCUT2D eigenvalue weighted by atomic mass is 16.5. The molecule has 1 aliphatic carbocycles. The van der Waals surface area contributed by atoms with Gasteiger partial charge in [-0.25, -0.2) is 0 Å². The lowest BCUT2D eigenvalue weighted by Gasteiger charge is -2.24. The molecule has 0 bridgehead atoms. The highest BCUT2D eigenvalue weighted by Crippen LogP contribution is 2.36. The number of hydrogen-bond acceptors (Lipinski definition) is 5. The normalized spacial score (nSPS) is 20.8. The van der Waals surface area contributed by atoms with Crippen molar-refractivity contribution in [3.63, 3.8) is 0 Å². The van der Waals surface area contributed by atoms with Crippen LogP contribution in [0.5, 0.6) is 0 Å². The Morgan fingerprint density at radius 1 is 1.40 bits per heavy atom. The van der Waals surface area contributed by atoms with E-state index >= 15 is 0 Å². The van der Waals surface area contributed by atoms with Gasteiger partial charge in [0.05, 0.1) is 17.7 Å². The second kappa shape index (κ2) is 6.63. The summed E-state index contributed by atoms with van der Waals surface area (Å²) in [5, 5.41) is 11.3. The molecule has 1 saturated carbocycles. The van der Waals surface area contributed by atoms with Crippen LogP contribution in [-0.2, 0) is 16.8 Å². The van der Waals surface area contributed by atoms with Crippen molar-refractivity contribution < 1.29 is 9.32 Å². The molecule has 1 aliphatic rings. The maximum Gasteiger partial charge on any atom is 0.233 e. The Labute approximate surface area is 147 Å². The summed E-state index contributed by atoms with van der Waals surface area (Å²) >= 11 is 0. The Morgan fingerprint density at radius 3 is 2.72 bits per heavy atom. The molecule has 0 unspecified atom stereocenters. The SMILES string of the molecule is Cc1cc(CC(=O)Nc2cc([C@H]3CC[C@@H](N)C3)n(C(C)(C)C)n2)on1. The van der Waals surface area contributed by atoms with Crippen molar-refractivity contribution in [2.45, 2.75) is 70.9 Å². The zero-order chi connectivity index (χ0) is 18.2. The van der Waals surface area contributed by atoms with E-state index in [1.807, 2.05) is 17.7 Å². The van der Waals surface area contributed by atoms with E-state index in [9.17, 15) is 4.79 Å². The molecule has 7 heteroatoms. The van der Waals surface area contributed by atoms with Gasteiger partial charge in [0.25, 0.3) is 0 Å². The second-order valence-corrected chi connectivity index (χ2v) is 7.97. The van der Waals surface area contributed by atoms with E-state index in [1.54, 1.807) is 6.07 Å². The first-order valence-electron chi connectivity index (χ1n) is 8.80. The summed E-state index contributed by atoms with van der Waals surface area (Å²) in [6, 6.07) is 4.00. The third kappa shape index (κ3) is 4.10. The van der Waals surface area contributed by atoms with Crippen molar-refractivity contribution in [3.8, 4) is 0 Å². The third-order valence-corrected chi connectivity index (χ3v) is 4.54. The van der Waals surface area contributed by atoms with Crippen LogP contribution in [0, 0.1) is 6.92 Å². The molecule has 0 aliphatic heterocycles. The van der Waals surface area contributed by atoms with Crippen LogP contribution in [0.1, 0.15) is 63.1 Å². The Morgan fingerprint density at radius 2 is 2.16 bits per heavy atom. The van der Waals surface area contributed by atoms with Crippen LogP contribution in [0.4, 0.5) is 5.82 Å². The monoisotopic (exact) mass is 345 g/mol. The van der Waals surface area contributed by atoms with E-state index in [4.69, 9.17) is 10.3 Å². The van der Waals surface area contributed by atoms with Gasteiger partial charge in [-0.2, -0.15) is 5.10 Å². The minimum Gasteiger partial charge on any atom is -0.361 e. The maximum atomic E-state index is 12.3. The van der Waals surface area contributed by atoms with E-state index in [0.717, 1.165) is 30.7 Å². The molecule has 1 fully saturated rings. The number of nitrogens with two attached hydrogens (primary N) is 1. The predicted molar refractivity (Wildman–Crippen MR) is 95.4 cm³/mol. The molecule has 25 heavy (non-hydrogen) atoms. The first-order valence-corrected chi connectivity index (χ1v) is 8.80. The summed E-state index contributed by atoms with van der Waals surface area (Å²) in [5.41, 5.74) is 7.83. The Hall–Kier alpha value is -2.15. The molecule has 3 rings (SSSR count). The molecule has 1 amide bonds. The van der Waals surface area contributed by atoms with Crippen molar-refractivity contribution in [2.24, 2.45) is 5.73 Å². The highest BCUT2D eigenvalue weighted by molar-refractivity contribution is 5.91. The molecule has 0 aromatic carbocycles. The predicted octanol–water partition coefficient (Wildman–Crippen LogP) is 2.71. The van der Waals surface area contributed by atoms with Crippen LogP contribution in [-0.4, -0.2) is 26.9 Å². The van der Waals surface area contributed by atoms with Crippen molar-refractivity contribution in [1.82, 2.24) is 14.9 Å². The minimum atomic E-state index is -0.163. The van der Waals surface area contributed by atoms with Crippen LogP contribution >= 0.6 is 0 Å². The molecule has 0 spiro atoms. The molecule has 2 atom stereocenters. The minimum absolute atomic E-state index is 0.146. The van der Waals surface area contributed by atoms with Crippen LogP contribution in [0.2, 0.25) is 0 Å². The molecule has 136 valence electrons. The van der Waals surface area contributed by atoms with Gasteiger partial charge in [0, 0.05) is 29.8 Å². The Kier molecular flexibility index (Phi) is 4.69. The number of rotatable bonds is 4. The smallest absolute Gasteiger partial charge is 0.233 e. The van der Waals surface area contributed by atoms with Crippen molar-refractivity contribution in [2.75, 3.05) is 5.32 Å². The lowest BCUT2D eigenvalue weighted by Crippen LogP contribution is -2.26. The van der Waals surface area contributed by atoms with E-state index in [2.05, 4.69) is 36.3 Å². The topological polar surface area (TPSA) is 99.0 Å². The third-order valence-electron chi connectivity index (χ3n) is 4.54. The summed E-state index contributed by atoms with van der Waals surface area (Å²) in [5.74, 6) is 1.35. The number of nitrogens with zero attached hydrogens (tertiary/aromatic N) is 3. The number of aryl methyl sites for hydroxylation is 1.